The molecule has 1 fully saturated rings. The first-order valence-corrected chi connectivity index (χ1v) is 10.2. The Labute approximate surface area is 161 Å². The summed E-state index contributed by atoms with van der Waals surface area (Å²) in [6.07, 6.45) is 5.68. The molecule has 4 rings (SSSR count). The van der Waals surface area contributed by atoms with Crippen LogP contribution >= 0.6 is 11.6 Å². The molecule has 3 aromatic rings. The Hall–Kier alpha value is -2.49. The Bertz CT molecular complexity index is 1050. The Morgan fingerprint density at radius 1 is 1.22 bits per heavy atom. The summed E-state index contributed by atoms with van der Waals surface area (Å²) in [7, 11) is -3.69. The summed E-state index contributed by atoms with van der Waals surface area (Å²) in [5, 5.41) is 6.92. The van der Waals surface area contributed by atoms with E-state index in [9.17, 15) is 8.42 Å². The van der Waals surface area contributed by atoms with Crippen LogP contribution < -0.4 is 5.73 Å². The topological polar surface area (TPSA) is 118 Å². The van der Waals surface area contributed by atoms with E-state index in [1.54, 1.807) is 18.3 Å². The molecule has 1 atom stereocenters. The van der Waals surface area contributed by atoms with E-state index in [4.69, 9.17) is 17.3 Å². The number of hydrogen-bond donors (Lipinski definition) is 2. The van der Waals surface area contributed by atoms with Crippen LogP contribution in [0.5, 0.6) is 0 Å². The average Bonchev–Trinajstić information content (AvgIpc) is 3.35. The van der Waals surface area contributed by atoms with Gasteiger partial charge in [-0.25, -0.2) is 18.4 Å². The van der Waals surface area contributed by atoms with Crippen LogP contribution in [0.2, 0.25) is 5.02 Å². The van der Waals surface area contributed by atoms with Crippen LogP contribution in [0.15, 0.2) is 47.8 Å². The quantitative estimate of drug-likeness (QED) is 0.690. The van der Waals surface area contributed by atoms with E-state index in [-0.39, 0.29) is 10.8 Å². The fourth-order valence-electron chi connectivity index (χ4n) is 3.33. The lowest BCUT2D eigenvalue weighted by Crippen LogP contribution is -2.31. The standard InChI is InChI=1S/C17H17ClN6O2S/c18-12-5-3-11(4-6-12)14-10-20-17(19)23-16(14)15-2-1-7-24(15)27(25,26)13-8-21-22-9-13/h3-6,8-10,15H,1-2,7H2,(H,21,22)(H2,19,20,23)/t15-/m1/s1. The number of nitrogen functional groups attached to an aromatic ring is 1. The van der Waals surface area contributed by atoms with Crippen LogP contribution in [0.25, 0.3) is 11.1 Å². The lowest BCUT2D eigenvalue weighted by molar-refractivity contribution is 0.391. The van der Waals surface area contributed by atoms with E-state index >= 15 is 0 Å². The van der Waals surface area contributed by atoms with Crippen LogP contribution in [-0.2, 0) is 10.0 Å². The molecule has 3 heterocycles. The van der Waals surface area contributed by atoms with Crippen molar-refractivity contribution in [2.45, 2.75) is 23.8 Å². The second-order valence-electron chi connectivity index (χ2n) is 6.24. The van der Waals surface area contributed by atoms with Gasteiger partial charge in [-0.2, -0.15) is 9.40 Å². The molecule has 0 radical (unpaired) electrons. The molecule has 0 spiro atoms. The minimum Gasteiger partial charge on any atom is -0.368 e. The van der Waals surface area contributed by atoms with Gasteiger partial charge in [0.05, 0.1) is 17.9 Å². The Morgan fingerprint density at radius 3 is 2.70 bits per heavy atom. The second kappa shape index (κ2) is 6.91. The van der Waals surface area contributed by atoms with Crippen molar-refractivity contribution >= 4 is 27.6 Å². The van der Waals surface area contributed by atoms with Crippen molar-refractivity contribution in [3.05, 3.63) is 53.6 Å². The summed E-state index contributed by atoms with van der Waals surface area (Å²) in [4.78, 5) is 8.63. The molecule has 1 aliphatic rings. The molecule has 2 aromatic heterocycles. The third kappa shape index (κ3) is 3.29. The van der Waals surface area contributed by atoms with Gasteiger partial charge in [-0.05, 0) is 30.5 Å². The zero-order valence-corrected chi connectivity index (χ0v) is 15.8. The fourth-order valence-corrected chi connectivity index (χ4v) is 5.03. The molecule has 140 valence electrons. The largest absolute Gasteiger partial charge is 0.368 e. The number of nitrogens with zero attached hydrogens (tertiary/aromatic N) is 4. The van der Waals surface area contributed by atoms with Crippen molar-refractivity contribution in [1.29, 1.82) is 0 Å². The predicted octanol–water partition coefficient (Wildman–Crippen LogP) is 2.63. The van der Waals surface area contributed by atoms with Gasteiger partial charge in [0, 0.05) is 29.5 Å². The van der Waals surface area contributed by atoms with E-state index in [0.29, 0.717) is 23.7 Å². The summed E-state index contributed by atoms with van der Waals surface area (Å²) in [5.41, 5.74) is 8.00. The number of nitrogens with two attached hydrogens (primary N) is 1. The van der Waals surface area contributed by atoms with E-state index in [1.165, 1.54) is 16.7 Å². The number of rotatable bonds is 4. The molecule has 8 nitrogen and oxygen atoms in total. The first-order chi connectivity index (χ1) is 13.0. The van der Waals surface area contributed by atoms with Crippen LogP contribution in [0, 0.1) is 0 Å². The highest BCUT2D eigenvalue weighted by atomic mass is 35.5. The number of nitrogens with one attached hydrogen (secondary N) is 1. The van der Waals surface area contributed by atoms with E-state index in [2.05, 4.69) is 20.2 Å². The zero-order chi connectivity index (χ0) is 19.0. The summed E-state index contributed by atoms with van der Waals surface area (Å²) >= 11 is 5.98. The first kappa shape index (κ1) is 17.9. The highest BCUT2D eigenvalue weighted by molar-refractivity contribution is 7.89. The van der Waals surface area contributed by atoms with Crippen molar-refractivity contribution in [3.8, 4) is 11.1 Å². The SMILES string of the molecule is Nc1ncc(-c2ccc(Cl)cc2)c([C@H]2CCCN2S(=O)(=O)c2cn[nH]c2)n1. The number of aromatic amines is 1. The van der Waals surface area contributed by atoms with Gasteiger partial charge in [-0.15, -0.1) is 0 Å². The highest BCUT2D eigenvalue weighted by Crippen LogP contribution is 2.39. The van der Waals surface area contributed by atoms with Crippen LogP contribution in [0.1, 0.15) is 24.6 Å². The molecular formula is C17H17ClN6O2S. The van der Waals surface area contributed by atoms with Crippen molar-refractivity contribution in [2.75, 3.05) is 12.3 Å². The molecule has 0 bridgehead atoms. The van der Waals surface area contributed by atoms with Gasteiger partial charge >= 0.3 is 0 Å². The van der Waals surface area contributed by atoms with E-state index < -0.39 is 16.1 Å². The minimum atomic E-state index is -3.69. The Morgan fingerprint density at radius 2 is 2.00 bits per heavy atom. The maximum Gasteiger partial charge on any atom is 0.246 e. The summed E-state index contributed by atoms with van der Waals surface area (Å²) in [6, 6.07) is 6.81. The van der Waals surface area contributed by atoms with Crippen molar-refractivity contribution < 1.29 is 8.42 Å². The first-order valence-electron chi connectivity index (χ1n) is 8.36. The monoisotopic (exact) mass is 404 g/mol. The van der Waals surface area contributed by atoms with Gasteiger partial charge < -0.3 is 5.73 Å². The number of hydrogen-bond acceptors (Lipinski definition) is 6. The third-order valence-electron chi connectivity index (χ3n) is 4.59. The number of anilines is 1. The number of sulfonamides is 1. The van der Waals surface area contributed by atoms with Gasteiger partial charge in [0.25, 0.3) is 0 Å². The normalized spacial score (nSPS) is 18.0. The van der Waals surface area contributed by atoms with Crippen LogP contribution in [-0.4, -0.2) is 39.4 Å². The van der Waals surface area contributed by atoms with Gasteiger partial charge in [0.15, 0.2) is 0 Å². The lowest BCUT2D eigenvalue weighted by Gasteiger charge is -2.24. The highest BCUT2D eigenvalue weighted by Gasteiger charge is 2.38. The number of aromatic nitrogens is 4. The van der Waals surface area contributed by atoms with Gasteiger partial charge in [-0.3, -0.25) is 5.10 Å². The minimum absolute atomic E-state index is 0.107. The summed E-state index contributed by atoms with van der Waals surface area (Å²) in [6.45, 7) is 0.405. The van der Waals surface area contributed by atoms with Crippen LogP contribution in [0.3, 0.4) is 0 Å². The molecule has 1 aromatic carbocycles. The molecule has 3 N–H and O–H groups in total. The maximum absolute atomic E-state index is 13.0. The van der Waals surface area contributed by atoms with Gasteiger partial charge in [-0.1, -0.05) is 23.7 Å². The molecule has 10 heteroatoms. The van der Waals surface area contributed by atoms with Crippen molar-refractivity contribution in [3.63, 3.8) is 0 Å². The molecule has 0 unspecified atom stereocenters. The van der Waals surface area contributed by atoms with Crippen LogP contribution in [0.4, 0.5) is 5.95 Å². The number of halogens is 1. The van der Waals surface area contributed by atoms with E-state index in [1.807, 2.05) is 12.1 Å². The maximum atomic E-state index is 13.0. The zero-order valence-electron chi connectivity index (χ0n) is 14.2. The Balaban J connectivity index is 1.80. The molecule has 27 heavy (non-hydrogen) atoms. The molecular weight excluding hydrogens is 388 g/mol. The summed E-state index contributed by atoms with van der Waals surface area (Å²) in [5.74, 6) is 0.107. The predicted molar refractivity (Wildman–Crippen MR) is 101 cm³/mol. The van der Waals surface area contributed by atoms with Crippen molar-refractivity contribution in [1.82, 2.24) is 24.5 Å². The second-order valence-corrected chi connectivity index (χ2v) is 8.57. The molecule has 0 aliphatic carbocycles. The summed E-state index contributed by atoms with van der Waals surface area (Å²) < 4.78 is 27.5. The Kier molecular flexibility index (Phi) is 4.58. The van der Waals surface area contributed by atoms with Gasteiger partial charge in [0.1, 0.15) is 4.90 Å². The third-order valence-corrected chi connectivity index (χ3v) is 6.72. The fraction of sp³-hybridized carbons (Fsp3) is 0.235. The average molecular weight is 405 g/mol. The number of H-pyrrole nitrogens is 1. The molecule has 1 saturated heterocycles. The molecule has 0 saturated carbocycles. The molecule has 0 amide bonds. The van der Waals surface area contributed by atoms with E-state index in [0.717, 1.165) is 17.5 Å². The van der Waals surface area contributed by atoms with Gasteiger partial charge in [0.2, 0.25) is 16.0 Å². The number of benzene rings is 1. The van der Waals surface area contributed by atoms with Crippen molar-refractivity contribution in [2.24, 2.45) is 0 Å². The smallest absolute Gasteiger partial charge is 0.246 e. The molecule has 1 aliphatic heterocycles. The lowest BCUT2D eigenvalue weighted by atomic mass is 10.0.